The second-order valence-electron chi connectivity index (χ2n) is 4.57. The third-order valence-electron chi connectivity index (χ3n) is 3.40. The van der Waals surface area contributed by atoms with E-state index in [0.717, 1.165) is 33.5 Å². The molecule has 2 heterocycles. The summed E-state index contributed by atoms with van der Waals surface area (Å²) in [5, 5.41) is 4.40. The summed E-state index contributed by atoms with van der Waals surface area (Å²) >= 11 is 0. The molecular weight excluding hydrogens is 242 g/mol. The van der Waals surface area contributed by atoms with E-state index in [9.17, 15) is 4.79 Å². The second-order valence-corrected chi connectivity index (χ2v) is 4.57. The Morgan fingerprint density at radius 3 is 2.79 bits per heavy atom. The van der Waals surface area contributed by atoms with Crippen molar-refractivity contribution < 1.29 is 0 Å². The largest absolute Gasteiger partial charge is 0.325 e. The summed E-state index contributed by atoms with van der Waals surface area (Å²) in [6.07, 6.45) is 0. The Morgan fingerprint density at radius 2 is 2.05 bits per heavy atom. The molecule has 3 rings (SSSR count). The SMILES string of the molecule is Cc1c(-c2ccc3[nH]c(=O)[nH]c3c2)c(CN)nn1C. The molecule has 0 amide bonds. The highest BCUT2D eigenvalue weighted by Gasteiger charge is 2.14. The second kappa shape index (κ2) is 4.10. The van der Waals surface area contributed by atoms with Crippen LogP contribution in [-0.4, -0.2) is 19.7 Å². The van der Waals surface area contributed by atoms with E-state index in [0.29, 0.717) is 6.54 Å². The highest BCUT2D eigenvalue weighted by molar-refractivity contribution is 5.82. The molecule has 4 N–H and O–H groups in total. The summed E-state index contributed by atoms with van der Waals surface area (Å²) in [5.41, 5.74) is 11.1. The van der Waals surface area contributed by atoms with E-state index in [1.807, 2.05) is 36.9 Å². The van der Waals surface area contributed by atoms with Gasteiger partial charge in [-0.1, -0.05) is 6.07 Å². The van der Waals surface area contributed by atoms with Crippen molar-refractivity contribution in [3.05, 3.63) is 40.1 Å². The van der Waals surface area contributed by atoms with Gasteiger partial charge in [-0.3, -0.25) is 4.68 Å². The lowest BCUT2D eigenvalue weighted by Gasteiger charge is -2.03. The molecule has 0 radical (unpaired) electrons. The van der Waals surface area contributed by atoms with Crippen LogP contribution in [0, 0.1) is 6.92 Å². The molecule has 3 aromatic rings. The number of aromatic amines is 2. The molecule has 0 unspecified atom stereocenters. The van der Waals surface area contributed by atoms with E-state index < -0.39 is 0 Å². The van der Waals surface area contributed by atoms with E-state index in [-0.39, 0.29) is 5.69 Å². The van der Waals surface area contributed by atoms with Gasteiger partial charge < -0.3 is 15.7 Å². The molecule has 0 saturated heterocycles. The van der Waals surface area contributed by atoms with Crippen molar-refractivity contribution >= 4 is 11.0 Å². The number of nitrogens with one attached hydrogen (secondary N) is 2. The molecule has 0 spiro atoms. The maximum absolute atomic E-state index is 11.3. The molecule has 0 saturated carbocycles. The lowest BCUT2D eigenvalue weighted by molar-refractivity contribution is 0.721. The van der Waals surface area contributed by atoms with Crippen LogP contribution in [-0.2, 0) is 13.6 Å². The molecule has 0 atom stereocenters. The van der Waals surface area contributed by atoms with Gasteiger partial charge in [0.15, 0.2) is 0 Å². The quantitative estimate of drug-likeness (QED) is 0.640. The van der Waals surface area contributed by atoms with E-state index in [4.69, 9.17) is 5.73 Å². The minimum absolute atomic E-state index is 0.200. The van der Waals surface area contributed by atoms with Crippen LogP contribution < -0.4 is 11.4 Å². The van der Waals surface area contributed by atoms with Crippen molar-refractivity contribution in [2.45, 2.75) is 13.5 Å². The standard InChI is InChI=1S/C13H15N5O/c1-7-12(11(6-14)17-18(7)2)8-3-4-9-10(5-8)16-13(19)15-9/h3-5H,6,14H2,1-2H3,(H2,15,16,19). The molecule has 0 fully saturated rings. The Morgan fingerprint density at radius 1 is 1.32 bits per heavy atom. The van der Waals surface area contributed by atoms with Crippen LogP contribution in [0.2, 0.25) is 0 Å². The molecule has 6 nitrogen and oxygen atoms in total. The maximum Gasteiger partial charge on any atom is 0.323 e. The van der Waals surface area contributed by atoms with Crippen molar-refractivity contribution in [3.8, 4) is 11.1 Å². The number of rotatable bonds is 2. The topological polar surface area (TPSA) is 92.5 Å². The summed E-state index contributed by atoms with van der Waals surface area (Å²) in [6.45, 7) is 2.39. The van der Waals surface area contributed by atoms with Crippen molar-refractivity contribution in [1.82, 2.24) is 19.7 Å². The zero-order chi connectivity index (χ0) is 13.6. The van der Waals surface area contributed by atoms with Crippen LogP contribution in [0.15, 0.2) is 23.0 Å². The van der Waals surface area contributed by atoms with Gasteiger partial charge in [0, 0.05) is 24.8 Å². The predicted molar refractivity (Wildman–Crippen MR) is 73.7 cm³/mol. The Hall–Kier alpha value is -2.34. The lowest BCUT2D eigenvalue weighted by atomic mass is 10.0. The first-order chi connectivity index (χ1) is 9.10. The Labute approximate surface area is 109 Å². The summed E-state index contributed by atoms with van der Waals surface area (Å²) in [6, 6.07) is 5.79. The number of H-pyrrole nitrogens is 2. The predicted octanol–water partition coefficient (Wildman–Crippen LogP) is 1.02. The van der Waals surface area contributed by atoms with Crippen LogP contribution in [0.25, 0.3) is 22.2 Å². The van der Waals surface area contributed by atoms with Gasteiger partial charge in [0.25, 0.3) is 0 Å². The van der Waals surface area contributed by atoms with Gasteiger partial charge in [0.05, 0.1) is 16.7 Å². The van der Waals surface area contributed by atoms with E-state index in [2.05, 4.69) is 15.1 Å². The van der Waals surface area contributed by atoms with Gasteiger partial charge in [0.2, 0.25) is 0 Å². The van der Waals surface area contributed by atoms with Crippen molar-refractivity contribution in [2.24, 2.45) is 12.8 Å². The van der Waals surface area contributed by atoms with Gasteiger partial charge in [-0.05, 0) is 24.6 Å². The molecule has 0 aliphatic carbocycles. The van der Waals surface area contributed by atoms with Crippen LogP contribution in [0.4, 0.5) is 0 Å². The zero-order valence-electron chi connectivity index (χ0n) is 10.8. The Bertz CT molecular complexity index is 808. The van der Waals surface area contributed by atoms with Gasteiger partial charge in [0.1, 0.15) is 0 Å². The van der Waals surface area contributed by atoms with Gasteiger partial charge in [-0.2, -0.15) is 5.10 Å². The highest BCUT2D eigenvalue weighted by Crippen LogP contribution is 2.28. The fourth-order valence-electron chi connectivity index (χ4n) is 2.38. The highest BCUT2D eigenvalue weighted by atomic mass is 16.1. The number of aromatic nitrogens is 4. The van der Waals surface area contributed by atoms with Crippen molar-refractivity contribution in [3.63, 3.8) is 0 Å². The first-order valence-electron chi connectivity index (χ1n) is 6.05. The Kier molecular flexibility index (Phi) is 2.53. The maximum atomic E-state index is 11.3. The number of hydrogen-bond acceptors (Lipinski definition) is 3. The fraction of sp³-hybridized carbons (Fsp3) is 0.231. The van der Waals surface area contributed by atoms with Gasteiger partial charge in [-0.15, -0.1) is 0 Å². The number of benzene rings is 1. The number of fused-ring (bicyclic) bond motifs is 1. The van der Waals surface area contributed by atoms with Crippen molar-refractivity contribution in [2.75, 3.05) is 0 Å². The van der Waals surface area contributed by atoms with Crippen LogP contribution in [0.1, 0.15) is 11.4 Å². The minimum Gasteiger partial charge on any atom is -0.325 e. The number of nitrogens with zero attached hydrogens (tertiary/aromatic N) is 2. The molecule has 2 aromatic heterocycles. The number of imidazole rings is 1. The summed E-state index contributed by atoms with van der Waals surface area (Å²) in [7, 11) is 1.90. The third kappa shape index (κ3) is 1.77. The Balaban J connectivity index is 2.26. The van der Waals surface area contributed by atoms with E-state index in [1.54, 1.807) is 0 Å². The van der Waals surface area contributed by atoms with Crippen LogP contribution in [0.5, 0.6) is 0 Å². The number of aryl methyl sites for hydroxylation is 1. The lowest BCUT2D eigenvalue weighted by Crippen LogP contribution is -1.99. The van der Waals surface area contributed by atoms with Gasteiger partial charge >= 0.3 is 5.69 Å². The fourth-order valence-corrected chi connectivity index (χ4v) is 2.38. The number of nitrogens with two attached hydrogens (primary N) is 1. The minimum atomic E-state index is -0.200. The first-order valence-corrected chi connectivity index (χ1v) is 6.05. The summed E-state index contributed by atoms with van der Waals surface area (Å²) in [5.74, 6) is 0. The van der Waals surface area contributed by atoms with E-state index >= 15 is 0 Å². The molecule has 98 valence electrons. The average molecular weight is 257 g/mol. The van der Waals surface area contributed by atoms with Crippen LogP contribution in [0.3, 0.4) is 0 Å². The molecule has 19 heavy (non-hydrogen) atoms. The number of hydrogen-bond donors (Lipinski definition) is 3. The van der Waals surface area contributed by atoms with Crippen LogP contribution >= 0.6 is 0 Å². The van der Waals surface area contributed by atoms with E-state index in [1.165, 1.54) is 0 Å². The average Bonchev–Trinajstić information content (AvgIpc) is 2.88. The summed E-state index contributed by atoms with van der Waals surface area (Å²) < 4.78 is 1.82. The molecule has 6 heteroatoms. The molecule has 0 aliphatic heterocycles. The first kappa shape index (κ1) is 11.7. The molecule has 0 bridgehead atoms. The summed E-state index contributed by atoms with van der Waals surface area (Å²) in [4.78, 5) is 16.8. The smallest absolute Gasteiger partial charge is 0.323 e. The van der Waals surface area contributed by atoms with Crippen molar-refractivity contribution in [1.29, 1.82) is 0 Å². The molecule has 0 aliphatic rings. The monoisotopic (exact) mass is 257 g/mol. The van der Waals surface area contributed by atoms with Gasteiger partial charge in [-0.25, -0.2) is 4.79 Å². The zero-order valence-corrected chi connectivity index (χ0v) is 10.8. The molecule has 1 aromatic carbocycles. The third-order valence-corrected chi connectivity index (χ3v) is 3.40. The normalized spacial score (nSPS) is 11.3. The molecular formula is C13H15N5O.